The Hall–Kier alpha value is -0.890. The molecular weight excluding hydrogens is 290 g/mol. The number of piperidine rings is 1. The van der Waals surface area contributed by atoms with Crippen LogP contribution in [0, 0.1) is 0 Å². The highest BCUT2D eigenvalue weighted by atomic mass is 32.2. The number of hydrogen-bond donors (Lipinski definition) is 1. The average molecular weight is 315 g/mol. The van der Waals surface area contributed by atoms with Gasteiger partial charge in [-0.05, 0) is 25.3 Å². The maximum absolute atomic E-state index is 12.7. The van der Waals surface area contributed by atoms with Crippen LogP contribution in [0.2, 0.25) is 0 Å². The molecule has 0 aromatic carbocycles. The molecule has 0 saturated carbocycles. The van der Waals surface area contributed by atoms with Crippen molar-refractivity contribution >= 4 is 10.0 Å². The van der Waals surface area contributed by atoms with Crippen molar-refractivity contribution in [2.75, 3.05) is 19.7 Å². The van der Waals surface area contributed by atoms with Crippen molar-refractivity contribution in [3.05, 3.63) is 18.0 Å². The molecule has 1 aromatic rings. The molecule has 7 heteroatoms. The van der Waals surface area contributed by atoms with E-state index in [1.165, 1.54) is 4.31 Å². The van der Waals surface area contributed by atoms with Crippen LogP contribution in [0.1, 0.15) is 31.9 Å². The third-order valence-corrected chi connectivity index (χ3v) is 5.66. The highest BCUT2D eigenvalue weighted by molar-refractivity contribution is 7.89. The molecule has 1 unspecified atom stereocenters. The van der Waals surface area contributed by atoms with E-state index < -0.39 is 10.0 Å². The zero-order chi connectivity index (χ0) is 15.5. The molecule has 0 aliphatic carbocycles. The largest absolute Gasteiger partial charge is 0.377 e. The Morgan fingerprint density at radius 1 is 1.48 bits per heavy atom. The molecule has 2 rings (SSSR count). The van der Waals surface area contributed by atoms with Gasteiger partial charge in [0, 0.05) is 45.2 Å². The number of nitrogens with zero attached hydrogens (tertiary/aromatic N) is 2. The molecule has 120 valence electrons. The van der Waals surface area contributed by atoms with Gasteiger partial charge < -0.3 is 15.0 Å². The van der Waals surface area contributed by atoms with Gasteiger partial charge in [0.25, 0.3) is 0 Å². The van der Waals surface area contributed by atoms with E-state index in [1.807, 2.05) is 7.05 Å². The molecule has 1 aliphatic rings. The van der Waals surface area contributed by atoms with E-state index in [1.54, 1.807) is 16.8 Å². The van der Waals surface area contributed by atoms with Crippen molar-refractivity contribution in [3.8, 4) is 0 Å². The second-order valence-electron chi connectivity index (χ2n) is 5.48. The minimum atomic E-state index is -3.45. The molecule has 0 bridgehead atoms. The molecule has 1 aromatic heterocycles. The third kappa shape index (κ3) is 3.66. The maximum atomic E-state index is 12.7. The average Bonchev–Trinajstić information content (AvgIpc) is 2.87. The molecule has 2 N–H and O–H groups in total. The van der Waals surface area contributed by atoms with Crippen LogP contribution in [-0.2, 0) is 28.4 Å². The molecule has 6 nitrogen and oxygen atoms in total. The topological polar surface area (TPSA) is 77.6 Å². The summed E-state index contributed by atoms with van der Waals surface area (Å²) in [6.45, 7) is 4.06. The van der Waals surface area contributed by atoms with E-state index in [2.05, 4.69) is 6.92 Å². The van der Waals surface area contributed by atoms with Crippen LogP contribution in [0.25, 0.3) is 0 Å². The standard InChI is InChI=1S/C14H25N3O3S/c1-3-7-20-13-5-4-6-17(10-13)21(18,19)14-8-12(9-15)16(2)11-14/h8,11,13H,3-7,9-10,15H2,1-2H3. The monoisotopic (exact) mass is 315 g/mol. The van der Waals surface area contributed by atoms with Gasteiger partial charge >= 0.3 is 0 Å². The molecule has 0 spiro atoms. The molecule has 1 saturated heterocycles. The van der Waals surface area contributed by atoms with Gasteiger partial charge in [-0.25, -0.2) is 8.42 Å². The van der Waals surface area contributed by atoms with E-state index in [0.29, 0.717) is 31.1 Å². The van der Waals surface area contributed by atoms with Gasteiger partial charge in [-0.1, -0.05) is 6.92 Å². The van der Waals surface area contributed by atoms with Gasteiger partial charge in [0.2, 0.25) is 10.0 Å². The molecule has 2 heterocycles. The van der Waals surface area contributed by atoms with Crippen LogP contribution in [-0.4, -0.2) is 43.1 Å². The summed E-state index contributed by atoms with van der Waals surface area (Å²) in [6, 6.07) is 1.66. The molecule has 21 heavy (non-hydrogen) atoms. The number of aryl methyl sites for hydroxylation is 1. The van der Waals surface area contributed by atoms with Crippen molar-refractivity contribution in [2.24, 2.45) is 12.8 Å². The molecule has 1 fully saturated rings. The molecule has 1 aliphatic heterocycles. The second kappa shape index (κ2) is 6.91. The van der Waals surface area contributed by atoms with Gasteiger partial charge in [-0.3, -0.25) is 0 Å². The van der Waals surface area contributed by atoms with Gasteiger partial charge in [0.1, 0.15) is 4.90 Å². The summed E-state index contributed by atoms with van der Waals surface area (Å²) in [7, 11) is -1.64. The summed E-state index contributed by atoms with van der Waals surface area (Å²) in [6.07, 6.45) is 4.35. The summed E-state index contributed by atoms with van der Waals surface area (Å²) in [4.78, 5) is 0.321. The molecule has 1 atom stereocenters. The van der Waals surface area contributed by atoms with Crippen molar-refractivity contribution in [2.45, 2.75) is 43.7 Å². The lowest BCUT2D eigenvalue weighted by molar-refractivity contribution is 0.0193. The zero-order valence-electron chi connectivity index (χ0n) is 12.8. The van der Waals surface area contributed by atoms with Gasteiger partial charge in [-0.15, -0.1) is 0 Å². The fraction of sp³-hybridized carbons (Fsp3) is 0.714. The quantitative estimate of drug-likeness (QED) is 0.851. The van der Waals surface area contributed by atoms with Crippen LogP contribution < -0.4 is 5.73 Å². The first-order valence-electron chi connectivity index (χ1n) is 7.46. The summed E-state index contributed by atoms with van der Waals surface area (Å²) in [5.41, 5.74) is 6.42. The normalized spacial score (nSPS) is 20.8. The zero-order valence-corrected chi connectivity index (χ0v) is 13.6. The summed E-state index contributed by atoms with van der Waals surface area (Å²) in [5, 5.41) is 0. The third-order valence-electron chi connectivity index (χ3n) is 3.83. The lowest BCUT2D eigenvalue weighted by atomic mass is 10.1. The first kappa shape index (κ1) is 16.5. The van der Waals surface area contributed by atoms with Gasteiger partial charge in [0.05, 0.1) is 6.10 Å². The highest BCUT2D eigenvalue weighted by Crippen LogP contribution is 2.23. The predicted octanol–water partition coefficient (Wildman–Crippen LogP) is 1.06. The lowest BCUT2D eigenvalue weighted by Gasteiger charge is -2.31. The van der Waals surface area contributed by atoms with Crippen molar-refractivity contribution in [1.29, 1.82) is 0 Å². The Bertz CT molecular complexity index is 568. The molecule has 0 radical (unpaired) electrons. The number of ether oxygens (including phenoxy) is 1. The highest BCUT2D eigenvalue weighted by Gasteiger charge is 2.31. The summed E-state index contributed by atoms with van der Waals surface area (Å²) >= 11 is 0. The Kier molecular flexibility index (Phi) is 5.43. The summed E-state index contributed by atoms with van der Waals surface area (Å²) in [5.74, 6) is 0. The number of sulfonamides is 1. The van der Waals surface area contributed by atoms with Crippen LogP contribution >= 0.6 is 0 Å². The molecular formula is C14H25N3O3S. The minimum absolute atomic E-state index is 0.00571. The number of nitrogens with two attached hydrogens (primary N) is 1. The maximum Gasteiger partial charge on any atom is 0.244 e. The Morgan fingerprint density at radius 3 is 2.86 bits per heavy atom. The van der Waals surface area contributed by atoms with Gasteiger partial charge in [0.15, 0.2) is 0 Å². The lowest BCUT2D eigenvalue weighted by Crippen LogP contribution is -2.43. The fourth-order valence-electron chi connectivity index (χ4n) is 2.61. The van der Waals surface area contributed by atoms with E-state index in [0.717, 1.165) is 25.0 Å². The van der Waals surface area contributed by atoms with Crippen LogP contribution in [0.5, 0.6) is 0 Å². The minimum Gasteiger partial charge on any atom is -0.377 e. The van der Waals surface area contributed by atoms with Crippen molar-refractivity contribution in [3.63, 3.8) is 0 Å². The number of rotatable bonds is 6. The van der Waals surface area contributed by atoms with Crippen LogP contribution in [0.15, 0.2) is 17.2 Å². The van der Waals surface area contributed by atoms with Crippen LogP contribution in [0.4, 0.5) is 0 Å². The van der Waals surface area contributed by atoms with Crippen molar-refractivity contribution in [1.82, 2.24) is 8.87 Å². The Labute approximate surface area is 126 Å². The van der Waals surface area contributed by atoms with E-state index in [9.17, 15) is 8.42 Å². The predicted molar refractivity (Wildman–Crippen MR) is 81.3 cm³/mol. The van der Waals surface area contributed by atoms with Gasteiger partial charge in [-0.2, -0.15) is 4.31 Å². The molecule has 0 amide bonds. The van der Waals surface area contributed by atoms with E-state index >= 15 is 0 Å². The Morgan fingerprint density at radius 2 is 2.24 bits per heavy atom. The SMILES string of the molecule is CCCOC1CCCN(S(=O)(=O)c2cc(CN)n(C)c2)C1. The van der Waals surface area contributed by atoms with E-state index in [-0.39, 0.29) is 6.10 Å². The second-order valence-corrected chi connectivity index (χ2v) is 7.42. The number of aromatic nitrogens is 1. The fourth-order valence-corrected chi connectivity index (χ4v) is 4.22. The van der Waals surface area contributed by atoms with Crippen molar-refractivity contribution < 1.29 is 13.2 Å². The first-order valence-corrected chi connectivity index (χ1v) is 8.90. The Balaban J connectivity index is 2.14. The van der Waals surface area contributed by atoms with Crippen LogP contribution in [0.3, 0.4) is 0 Å². The number of hydrogen-bond acceptors (Lipinski definition) is 4. The smallest absolute Gasteiger partial charge is 0.244 e. The summed E-state index contributed by atoms with van der Waals surface area (Å²) < 4.78 is 34.4. The first-order chi connectivity index (χ1) is 9.98. The van der Waals surface area contributed by atoms with E-state index in [4.69, 9.17) is 10.5 Å².